The predicted molar refractivity (Wildman–Crippen MR) is 145 cm³/mol. The SMILES string of the molecule is CCOc1cc2c(nc1C(=O)NC)C(=N)N(CC(=O)c1cc(N3CCC(O)C3)c(OC)c(C(C)(C)C)c1)C2. The maximum absolute atomic E-state index is 13.6. The van der Waals surface area contributed by atoms with Crippen LogP contribution in [0.3, 0.4) is 0 Å². The van der Waals surface area contributed by atoms with Gasteiger partial charge in [-0.05, 0) is 37.0 Å². The molecule has 1 aromatic carbocycles. The second-order valence-corrected chi connectivity index (χ2v) is 10.7. The van der Waals surface area contributed by atoms with Crippen molar-refractivity contribution >= 4 is 23.2 Å². The van der Waals surface area contributed by atoms with Crippen LogP contribution in [0, 0.1) is 5.41 Å². The molecule has 3 heterocycles. The highest BCUT2D eigenvalue weighted by Crippen LogP contribution is 2.41. The molecule has 0 saturated carbocycles. The molecule has 1 fully saturated rings. The molecule has 204 valence electrons. The summed E-state index contributed by atoms with van der Waals surface area (Å²) in [7, 11) is 3.14. The van der Waals surface area contributed by atoms with Crippen molar-refractivity contribution in [1.29, 1.82) is 5.41 Å². The zero-order valence-electron chi connectivity index (χ0n) is 23.0. The van der Waals surface area contributed by atoms with Gasteiger partial charge in [0.05, 0.1) is 32.1 Å². The number of nitrogens with zero attached hydrogens (tertiary/aromatic N) is 3. The molecule has 1 amide bonds. The number of methoxy groups -OCH3 is 1. The van der Waals surface area contributed by atoms with E-state index in [-0.39, 0.29) is 29.3 Å². The monoisotopic (exact) mass is 523 g/mol. The van der Waals surface area contributed by atoms with Crippen LogP contribution in [-0.4, -0.2) is 79.0 Å². The topological polar surface area (TPSA) is 128 Å². The summed E-state index contributed by atoms with van der Waals surface area (Å²) in [6.45, 7) is 9.85. The Labute approximate surface area is 223 Å². The van der Waals surface area contributed by atoms with Crippen LogP contribution in [0.5, 0.6) is 11.5 Å². The number of Topliss-reactive ketones (excluding diaryl/α,β-unsaturated/α-hetero) is 1. The van der Waals surface area contributed by atoms with Gasteiger partial charge in [-0.3, -0.25) is 15.0 Å². The van der Waals surface area contributed by atoms with E-state index in [2.05, 4.69) is 36.0 Å². The zero-order chi connectivity index (χ0) is 27.8. The number of carbonyl (C=O) groups excluding carboxylic acids is 2. The lowest BCUT2D eigenvalue weighted by Crippen LogP contribution is -2.31. The van der Waals surface area contributed by atoms with Crippen LogP contribution in [0.4, 0.5) is 5.69 Å². The number of pyridine rings is 1. The fourth-order valence-electron chi connectivity index (χ4n) is 4.98. The van der Waals surface area contributed by atoms with Gasteiger partial charge in [0.15, 0.2) is 17.2 Å². The smallest absolute Gasteiger partial charge is 0.273 e. The van der Waals surface area contributed by atoms with Crippen molar-refractivity contribution in [3.63, 3.8) is 0 Å². The molecule has 1 saturated heterocycles. The number of benzene rings is 1. The van der Waals surface area contributed by atoms with E-state index in [1.165, 1.54) is 7.05 Å². The number of aliphatic hydroxyl groups excluding tert-OH is 1. The highest BCUT2D eigenvalue weighted by Gasteiger charge is 2.33. The Morgan fingerprint density at radius 2 is 2.00 bits per heavy atom. The summed E-state index contributed by atoms with van der Waals surface area (Å²) >= 11 is 0. The minimum atomic E-state index is -0.422. The number of hydrogen-bond acceptors (Lipinski definition) is 8. The largest absolute Gasteiger partial charge is 0.494 e. The third kappa shape index (κ3) is 5.18. The van der Waals surface area contributed by atoms with E-state index in [0.29, 0.717) is 55.4 Å². The number of rotatable bonds is 8. The highest BCUT2D eigenvalue weighted by atomic mass is 16.5. The number of carbonyl (C=O) groups is 2. The first-order valence-electron chi connectivity index (χ1n) is 12.9. The second-order valence-electron chi connectivity index (χ2n) is 10.7. The van der Waals surface area contributed by atoms with Crippen LogP contribution in [-0.2, 0) is 12.0 Å². The number of anilines is 1. The van der Waals surface area contributed by atoms with Crippen LogP contribution in [0.2, 0.25) is 0 Å². The van der Waals surface area contributed by atoms with Gasteiger partial charge in [-0.1, -0.05) is 20.8 Å². The summed E-state index contributed by atoms with van der Waals surface area (Å²) in [5.74, 6) is 0.612. The first-order valence-corrected chi connectivity index (χ1v) is 12.9. The van der Waals surface area contributed by atoms with E-state index in [4.69, 9.17) is 14.9 Å². The Hall–Kier alpha value is -3.66. The van der Waals surface area contributed by atoms with E-state index in [0.717, 1.165) is 16.8 Å². The minimum Gasteiger partial charge on any atom is -0.494 e. The normalized spacial score (nSPS) is 17.0. The fourth-order valence-corrected chi connectivity index (χ4v) is 4.98. The summed E-state index contributed by atoms with van der Waals surface area (Å²) in [5, 5.41) is 21.4. The van der Waals surface area contributed by atoms with Gasteiger partial charge in [0.1, 0.15) is 17.3 Å². The highest BCUT2D eigenvalue weighted by molar-refractivity contribution is 6.06. The number of β-amino-alcohol motifs (C(OH)–C–C–N with tert-alkyl or cyclic N) is 1. The van der Waals surface area contributed by atoms with Crippen LogP contribution >= 0.6 is 0 Å². The lowest BCUT2D eigenvalue weighted by atomic mass is 9.84. The van der Waals surface area contributed by atoms with E-state index in [1.54, 1.807) is 18.1 Å². The Kier molecular flexibility index (Phi) is 7.64. The van der Waals surface area contributed by atoms with E-state index >= 15 is 0 Å². The average molecular weight is 524 g/mol. The van der Waals surface area contributed by atoms with Crippen molar-refractivity contribution in [2.75, 3.05) is 45.3 Å². The lowest BCUT2D eigenvalue weighted by Gasteiger charge is -2.29. The maximum atomic E-state index is 13.6. The Balaban J connectivity index is 1.66. The average Bonchev–Trinajstić information content (AvgIpc) is 3.44. The molecule has 0 spiro atoms. The minimum absolute atomic E-state index is 0.0214. The van der Waals surface area contributed by atoms with Crippen molar-refractivity contribution in [2.24, 2.45) is 0 Å². The third-order valence-electron chi connectivity index (χ3n) is 6.95. The van der Waals surface area contributed by atoms with Crippen molar-refractivity contribution in [3.8, 4) is 11.5 Å². The van der Waals surface area contributed by atoms with E-state index < -0.39 is 12.0 Å². The van der Waals surface area contributed by atoms with Gasteiger partial charge in [-0.2, -0.15) is 0 Å². The number of aliphatic hydroxyl groups is 1. The van der Waals surface area contributed by atoms with Gasteiger partial charge in [0, 0.05) is 43.4 Å². The second kappa shape index (κ2) is 10.6. The number of hydrogen-bond donors (Lipinski definition) is 3. The number of ketones is 1. The number of fused-ring (bicyclic) bond motifs is 1. The van der Waals surface area contributed by atoms with Crippen molar-refractivity contribution in [1.82, 2.24) is 15.2 Å². The van der Waals surface area contributed by atoms with Gasteiger partial charge < -0.3 is 29.7 Å². The van der Waals surface area contributed by atoms with Gasteiger partial charge in [0.25, 0.3) is 5.91 Å². The van der Waals surface area contributed by atoms with Crippen LogP contribution in [0.15, 0.2) is 18.2 Å². The Bertz CT molecular complexity index is 1270. The molecule has 2 aliphatic heterocycles. The molecule has 4 rings (SSSR count). The predicted octanol–water partition coefficient (Wildman–Crippen LogP) is 2.74. The summed E-state index contributed by atoms with van der Waals surface area (Å²) in [4.78, 5) is 34.2. The molecular formula is C28H37N5O5. The summed E-state index contributed by atoms with van der Waals surface area (Å²) in [6.07, 6.45) is 0.235. The fraction of sp³-hybridized carbons (Fsp3) is 0.500. The summed E-state index contributed by atoms with van der Waals surface area (Å²) in [5.41, 5.74) is 3.14. The van der Waals surface area contributed by atoms with Crippen LogP contribution in [0.25, 0.3) is 0 Å². The molecule has 1 atom stereocenters. The number of ether oxygens (including phenoxy) is 2. The van der Waals surface area contributed by atoms with Crippen molar-refractivity contribution < 1.29 is 24.2 Å². The molecule has 0 aliphatic carbocycles. The molecule has 1 aromatic heterocycles. The van der Waals surface area contributed by atoms with Gasteiger partial charge >= 0.3 is 0 Å². The molecular weight excluding hydrogens is 486 g/mol. The van der Waals surface area contributed by atoms with Gasteiger partial charge in [-0.15, -0.1) is 0 Å². The maximum Gasteiger partial charge on any atom is 0.273 e. The molecule has 0 radical (unpaired) electrons. The van der Waals surface area contributed by atoms with E-state index in [1.807, 2.05) is 19.1 Å². The molecule has 2 aliphatic rings. The molecule has 10 heteroatoms. The van der Waals surface area contributed by atoms with Crippen LogP contribution < -0.4 is 19.7 Å². The summed E-state index contributed by atoms with van der Waals surface area (Å²) < 4.78 is 11.4. The van der Waals surface area contributed by atoms with Crippen molar-refractivity contribution in [3.05, 3.63) is 46.3 Å². The molecule has 10 nitrogen and oxygen atoms in total. The molecule has 2 aromatic rings. The third-order valence-corrected chi connectivity index (χ3v) is 6.95. The number of amidine groups is 1. The van der Waals surface area contributed by atoms with E-state index in [9.17, 15) is 14.7 Å². The van der Waals surface area contributed by atoms with Crippen LogP contribution in [0.1, 0.15) is 71.8 Å². The molecule has 0 bridgehead atoms. The van der Waals surface area contributed by atoms with Gasteiger partial charge in [0.2, 0.25) is 0 Å². The standard InChI is InChI=1S/C28H37N5O5/c1-7-38-22-12-17-13-33(26(29)23(17)31-24(22)27(36)30-5)15-21(35)16-10-19(28(2,3)4)25(37-6)20(11-16)32-9-8-18(34)14-32/h10-12,18,29,34H,7-9,13-15H2,1-6H3,(H,30,36). The Morgan fingerprint density at radius 3 is 2.58 bits per heavy atom. The first-order chi connectivity index (χ1) is 18.0. The van der Waals surface area contributed by atoms with Gasteiger partial charge in [-0.25, -0.2) is 4.98 Å². The lowest BCUT2D eigenvalue weighted by molar-refractivity contribution is 0.0949. The quantitative estimate of drug-likeness (QED) is 0.451. The first kappa shape index (κ1) is 27.4. The summed E-state index contributed by atoms with van der Waals surface area (Å²) in [6, 6.07) is 5.44. The number of nitrogens with one attached hydrogen (secondary N) is 2. The van der Waals surface area contributed by atoms with Crippen molar-refractivity contribution in [2.45, 2.75) is 52.2 Å². The zero-order valence-corrected chi connectivity index (χ0v) is 23.0. The number of aromatic nitrogens is 1. The Morgan fingerprint density at radius 1 is 1.26 bits per heavy atom. The number of amides is 1. The molecule has 1 unspecified atom stereocenters. The molecule has 38 heavy (non-hydrogen) atoms. The molecule has 3 N–H and O–H groups in total.